The van der Waals surface area contributed by atoms with Crippen LogP contribution in [0.5, 0.6) is 5.75 Å². The minimum atomic E-state index is 0.356. The molecule has 4 aromatic rings. The number of methoxy groups -OCH3 is 1. The lowest BCUT2D eigenvalue weighted by Crippen LogP contribution is -2.32. The maximum atomic E-state index is 11.0. The molecule has 0 spiro atoms. The minimum absolute atomic E-state index is 0.356. The van der Waals surface area contributed by atoms with Crippen LogP contribution in [0.2, 0.25) is 0 Å². The van der Waals surface area contributed by atoms with Crippen LogP contribution in [0.1, 0.15) is 19.3 Å². The summed E-state index contributed by atoms with van der Waals surface area (Å²) in [6.45, 7) is 2.36. The zero-order valence-electron chi connectivity index (χ0n) is 18.8. The molecule has 1 aliphatic rings. The molecular weight excluding hydrogens is 454 g/mol. The Morgan fingerprint density at radius 3 is 2.88 bits per heavy atom. The zero-order chi connectivity index (χ0) is 23.5. The van der Waals surface area contributed by atoms with Crippen LogP contribution in [0, 0.1) is 5.92 Å². The lowest BCUT2D eigenvalue weighted by Gasteiger charge is -2.29. The van der Waals surface area contributed by atoms with E-state index in [1.807, 2.05) is 23.1 Å². The molecule has 0 radical (unpaired) electrons. The number of anilines is 1. The zero-order valence-corrected chi connectivity index (χ0v) is 19.6. The molecular formula is C23H25N7O3S. The van der Waals surface area contributed by atoms with E-state index in [1.54, 1.807) is 19.6 Å². The number of hydrogen-bond acceptors (Lipinski definition) is 9. The lowest BCUT2D eigenvalue weighted by molar-refractivity contribution is -0.119. The van der Waals surface area contributed by atoms with Gasteiger partial charge in [-0.2, -0.15) is 0 Å². The Labute approximate surface area is 200 Å². The second-order valence-corrected chi connectivity index (χ2v) is 9.24. The van der Waals surface area contributed by atoms with Crippen LogP contribution >= 0.6 is 11.8 Å². The topological polar surface area (TPSA) is 125 Å². The van der Waals surface area contributed by atoms with Crippen LogP contribution in [-0.2, 0) is 11.3 Å². The van der Waals surface area contributed by atoms with Crippen molar-refractivity contribution in [3.05, 3.63) is 37.0 Å². The fourth-order valence-corrected chi connectivity index (χ4v) is 5.35. The molecule has 5 rings (SSSR count). The van der Waals surface area contributed by atoms with Crippen LogP contribution in [0.15, 0.2) is 51.6 Å². The fraction of sp³-hybridized carbons (Fsp3) is 0.348. The average Bonchev–Trinajstić information content (AvgIpc) is 3.52. The Morgan fingerprint density at radius 1 is 1.29 bits per heavy atom. The Hall–Kier alpha value is -3.60. The van der Waals surface area contributed by atoms with E-state index in [1.165, 1.54) is 18.1 Å². The van der Waals surface area contributed by atoms with Gasteiger partial charge in [-0.15, -0.1) is 0 Å². The van der Waals surface area contributed by atoms with Gasteiger partial charge in [-0.3, -0.25) is 4.79 Å². The molecule has 2 N–H and O–H groups in total. The summed E-state index contributed by atoms with van der Waals surface area (Å²) in [7, 11) is 1.64. The standard InChI is InChI=1S/C23H25N7O3S/c1-32-17-2-3-18(16-11-27-33-12-16)19(10-17)34-23-28-20-21(24)25-13-26-22(20)30(23)9-6-15-4-7-29(14-31)8-5-15/h2-3,10-15H,4-9H2,1H3,(H2,24,25,26). The van der Waals surface area contributed by atoms with Crippen LogP contribution in [0.4, 0.5) is 5.82 Å². The van der Waals surface area contributed by atoms with E-state index in [9.17, 15) is 4.79 Å². The number of imidazole rings is 1. The highest BCUT2D eigenvalue weighted by Crippen LogP contribution is 2.39. The maximum absolute atomic E-state index is 11.0. The number of hydrogen-bond donors (Lipinski definition) is 1. The molecule has 1 saturated heterocycles. The molecule has 0 atom stereocenters. The fourth-order valence-electron chi connectivity index (χ4n) is 4.26. The number of nitrogens with two attached hydrogens (primary N) is 1. The first kappa shape index (κ1) is 22.2. The summed E-state index contributed by atoms with van der Waals surface area (Å²) in [6, 6.07) is 5.86. The Bertz CT molecular complexity index is 1280. The number of carbonyl (C=O) groups is 1. The Morgan fingerprint density at radius 2 is 2.15 bits per heavy atom. The first-order valence-corrected chi connectivity index (χ1v) is 11.9. The lowest BCUT2D eigenvalue weighted by atomic mass is 9.94. The van der Waals surface area contributed by atoms with Crippen molar-refractivity contribution in [1.82, 2.24) is 29.6 Å². The van der Waals surface area contributed by atoms with Crippen molar-refractivity contribution < 1.29 is 14.1 Å². The Kier molecular flexibility index (Phi) is 6.35. The number of aryl methyl sites for hydroxylation is 1. The van der Waals surface area contributed by atoms with E-state index in [4.69, 9.17) is 20.0 Å². The van der Waals surface area contributed by atoms with Crippen LogP contribution in [0.25, 0.3) is 22.3 Å². The highest BCUT2D eigenvalue weighted by Gasteiger charge is 2.22. The summed E-state index contributed by atoms with van der Waals surface area (Å²) < 4.78 is 12.6. The Balaban J connectivity index is 1.48. The summed E-state index contributed by atoms with van der Waals surface area (Å²) in [4.78, 5) is 27.3. The molecule has 4 heterocycles. The van der Waals surface area contributed by atoms with Crippen molar-refractivity contribution in [2.75, 3.05) is 25.9 Å². The third kappa shape index (κ3) is 4.43. The van der Waals surface area contributed by atoms with Crippen LogP contribution < -0.4 is 10.5 Å². The molecule has 176 valence electrons. The molecule has 11 heteroatoms. The van der Waals surface area contributed by atoms with Gasteiger partial charge in [0.1, 0.15) is 18.3 Å². The highest BCUT2D eigenvalue weighted by molar-refractivity contribution is 7.99. The van der Waals surface area contributed by atoms with E-state index in [0.717, 1.165) is 77.9 Å². The minimum Gasteiger partial charge on any atom is -0.497 e. The van der Waals surface area contributed by atoms with Crippen molar-refractivity contribution >= 4 is 35.2 Å². The largest absolute Gasteiger partial charge is 0.497 e. The summed E-state index contributed by atoms with van der Waals surface area (Å²) in [5.41, 5.74) is 9.28. The molecule has 0 saturated carbocycles. The number of likely N-dealkylation sites (tertiary alicyclic amines) is 1. The van der Waals surface area contributed by atoms with Gasteiger partial charge in [0.2, 0.25) is 6.41 Å². The molecule has 0 aliphatic carbocycles. The molecule has 10 nitrogen and oxygen atoms in total. The number of nitrogens with zero attached hydrogens (tertiary/aromatic N) is 6. The van der Waals surface area contributed by atoms with Crippen molar-refractivity contribution in [1.29, 1.82) is 0 Å². The normalized spacial score (nSPS) is 14.6. The van der Waals surface area contributed by atoms with Gasteiger partial charge in [0.25, 0.3) is 0 Å². The quantitative estimate of drug-likeness (QED) is 0.378. The summed E-state index contributed by atoms with van der Waals surface area (Å²) in [6.07, 6.45) is 8.67. The highest BCUT2D eigenvalue weighted by atomic mass is 32.2. The number of aromatic nitrogens is 5. The van der Waals surface area contributed by atoms with E-state index < -0.39 is 0 Å². The van der Waals surface area contributed by atoms with Gasteiger partial charge in [0.15, 0.2) is 22.1 Å². The van der Waals surface area contributed by atoms with Gasteiger partial charge >= 0.3 is 0 Å². The first-order valence-electron chi connectivity index (χ1n) is 11.1. The molecule has 0 bridgehead atoms. The first-order chi connectivity index (χ1) is 16.7. The summed E-state index contributed by atoms with van der Waals surface area (Å²) >= 11 is 1.52. The van der Waals surface area contributed by atoms with Gasteiger partial charge in [0, 0.05) is 35.7 Å². The van der Waals surface area contributed by atoms with Gasteiger partial charge in [-0.05, 0) is 43.4 Å². The molecule has 1 amide bonds. The predicted octanol–water partition coefficient (Wildman–Crippen LogP) is 3.48. The molecule has 1 fully saturated rings. The molecule has 3 aromatic heterocycles. The maximum Gasteiger partial charge on any atom is 0.209 e. The van der Waals surface area contributed by atoms with E-state index in [-0.39, 0.29) is 0 Å². The van der Waals surface area contributed by atoms with Crippen LogP contribution in [0.3, 0.4) is 0 Å². The number of amides is 1. The van der Waals surface area contributed by atoms with Crippen molar-refractivity contribution in [3.63, 3.8) is 0 Å². The van der Waals surface area contributed by atoms with Gasteiger partial charge in [-0.25, -0.2) is 15.0 Å². The summed E-state index contributed by atoms with van der Waals surface area (Å²) in [5, 5.41) is 4.63. The van der Waals surface area contributed by atoms with Gasteiger partial charge < -0.3 is 24.5 Å². The van der Waals surface area contributed by atoms with Crippen molar-refractivity contribution in [3.8, 4) is 16.9 Å². The van der Waals surface area contributed by atoms with Crippen LogP contribution in [-0.4, -0.2) is 56.2 Å². The SMILES string of the molecule is COc1ccc(-c2cnoc2)c(Sc2nc3c(N)ncnc3n2CCC2CCN(C=O)CC2)c1. The number of rotatable bonds is 8. The third-order valence-electron chi connectivity index (χ3n) is 6.22. The predicted molar refractivity (Wildman–Crippen MR) is 127 cm³/mol. The number of ether oxygens (including phenoxy) is 1. The number of carbonyl (C=O) groups excluding carboxylic acids is 1. The van der Waals surface area contributed by atoms with E-state index in [0.29, 0.717) is 17.3 Å². The number of nitrogen functional groups attached to an aromatic ring is 1. The van der Waals surface area contributed by atoms with Crippen molar-refractivity contribution in [2.24, 2.45) is 5.92 Å². The smallest absolute Gasteiger partial charge is 0.209 e. The second kappa shape index (κ2) is 9.72. The number of piperidine rings is 1. The molecule has 0 unspecified atom stereocenters. The van der Waals surface area contributed by atoms with Gasteiger partial charge in [-0.1, -0.05) is 16.9 Å². The molecule has 1 aliphatic heterocycles. The number of fused-ring (bicyclic) bond motifs is 1. The monoisotopic (exact) mass is 479 g/mol. The average molecular weight is 480 g/mol. The van der Waals surface area contributed by atoms with Crippen molar-refractivity contribution in [2.45, 2.75) is 35.9 Å². The third-order valence-corrected chi connectivity index (χ3v) is 7.27. The second-order valence-electron chi connectivity index (χ2n) is 8.23. The number of benzene rings is 1. The van der Waals surface area contributed by atoms with E-state index in [2.05, 4.69) is 19.7 Å². The van der Waals surface area contributed by atoms with Gasteiger partial charge in [0.05, 0.1) is 13.3 Å². The summed E-state index contributed by atoms with van der Waals surface area (Å²) in [5.74, 6) is 1.64. The molecule has 1 aromatic carbocycles. The van der Waals surface area contributed by atoms with E-state index >= 15 is 0 Å². The molecule has 34 heavy (non-hydrogen) atoms.